The van der Waals surface area contributed by atoms with Gasteiger partial charge in [0.15, 0.2) is 0 Å². The van der Waals surface area contributed by atoms with Gasteiger partial charge in [0.25, 0.3) is 0 Å². The zero-order valence-electron chi connectivity index (χ0n) is 16.3. The van der Waals surface area contributed by atoms with Gasteiger partial charge in [0.2, 0.25) is 0 Å². The molecule has 0 aliphatic carbocycles. The minimum atomic E-state index is -0.723. The lowest BCUT2D eigenvalue weighted by Crippen LogP contribution is -1.92. The van der Waals surface area contributed by atoms with Gasteiger partial charge in [-0.15, -0.1) is 0 Å². The van der Waals surface area contributed by atoms with Crippen molar-refractivity contribution >= 4 is 5.97 Å². The van der Waals surface area contributed by atoms with E-state index in [2.05, 4.69) is 58.9 Å². The second kappa shape index (κ2) is 13.8. The Bertz CT molecular complexity index is 486. The zero-order valence-corrected chi connectivity index (χ0v) is 16.3. The van der Waals surface area contributed by atoms with Crippen molar-refractivity contribution in [2.45, 2.75) is 86.0 Å². The first-order valence-electron chi connectivity index (χ1n) is 9.13. The van der Waals surface area contributed by atoms with Gasteiger partial charge in [0.05, 0.1) is 0 Å². The van der Waals surface area contributed by atoms with E-state index in [-0.39, 0.29) is 6.42 Å². The van der Waals surface area contributed by atoms with Crippen LogP contribution in [0.1, 0.15) is 86.0 Å². The third kappa shape index (κ3) is 15.3. The molecule has 2 heteroatoms. The summed E-state index contributed by atoms with van der Waals surface area (Å²) in [5.41, 5.74) is 5.61. The van der Waals surface area contributed by atoms with Crippen LogP contribution in [0.2, 0.25) is 0 Å². The second-order valence-electron chi connectivity index (χ2n) is 6.98. The summed E-state index contributed by atoms with van der Waals surface area (Å²) in [7, 11) is 0. The lowest BCUT2D eigenvalue weighted by atomic mass is 10.0. The Hall–Kier alpha value is -1.57. The highest BCUT2D eigenvalue weighted by Crippen LogP contribution is 2.13. The number of hydrogen-bond donors (Lipinski definition) is 1. The number of rotatable bonds is 12. The molecule has 0 aliphatic rings. The first-order valence-corrected chi connectivity index (χ1v) is 9.13. The third-order valence-electron chi connectivity index (χ3n) is 4.01. The summed E-state index contributed by atoms with van der Waals surface area (Å²) in [4.78, 5) is 10.5. The molecule has 0 rings (SSSR count). The van der Waals surface area contributed by atoms with Gasteiger partial charge in [0.1, 0.15) is 0 Å². The molecule has 0 fully saturated rings. The molecule has 0 aromatic rings. The van der Waals surface area contributed by atoms with Gasteiger partial charge in [-0.2, -0.15) is 0 Å². The predicted octanol–water partition coefficient (Wildman–Crippen LogP) is 7.00. The highest BCUT2D eigenvalue weighted by atomic mass is 16.4. The van der Waals surface area contributed by atoms with Crippen LogP contribution in [0.25, 0.3) is 0 Å². The Morgan fingerprint density at radius 3 is 1.29 bits per heavy atom. The van der Waals surface area contributed by atoms with E-state index in [1.807, 2.05) is 0 Å². The van der Waals surface area contributed by atoms with E-state index in [1.54, 1.807) is 0 Å². The summed E-state index contributed by atoms with van der Waals surface area (Å²) >= 11 is 0. The first-order chi connectivity index (χ1) is 11.3. The van der Waals surface area contributed by atoms with Crippen LogP contribution >= 0.6 is 0 Å². The van der Waals surface area contributed by atoms with E-state index in [0.717, 1.165) is 38.5 Å². The molecule has 0 aliphatic heterocycles. The average Bonchev–Trinajstić information content (AvgIpc) is 2.46. The number of aliphatic carboxylic acids is 1. The number of hydrogen-bond acceptors (Lipinski definition) is 1. The van der Waals surface area contributed by atoms with Crippen molar-refractivity contribution in [1.29, 1.82) is 0 Å². The highest BCUT2D eigenvalue weighted by Gasteiger charge is 1.95. The predicted molar refractivity (Wildman–Crippen MR) is 105 cm³/mol. The molecule has 0 spiro atoms. The van der Waals surface area contributed by atoms with Crippen LogP contribution in [0, 0.1) is 0 Å². The molecule has 0 aromatic carbocycles. The molecule has 0 saturated heterocycles. The molecular formula is C22H36O2. The summed E-state index contributed by atoms with van der Waals surface area (Å²) in [5, 5.41) is 8.62. The van der Waals surface area contributed by atoms with Crippen LogP contribution in [0.3, 0.4) is 0 Å². The topological polar surface area (TPSA) is 37.3 Å². The Labute approximate surface area is 149 Å². The average molecular weight is 333 g/mol. The quantitative estimate of drug-likeness (QED) is 0.391. The Morgan fingerprint density at radius 1 is 0.625 bits per heavy atom. The minimum Gasteiger partial charge on any atom is -0.481 e. The van der Waals surface area contributed by atoms with Crippen LogP contribution in [-0.2, 0) is 4.79 Å². The molecule has 2 nitrogen and oxygen atoms in total. The molecule has 0 bridgehead atoms. The number of carboxylic acids is 1. The van der Waals surface area contributed by atoms with Crippen molar-refractivity contribution in [2.24, 2.45) is 0 Å². The number of carbonyl (C=O) groups is 1. The van der Waals surface area contributed by atoms with E-state index in [9.17, 15) is 4.79 Å². The molecule has 0 atom stereocenters. The molecule has 136 valence electrons. The Morgan fingerprint density at radius 2 is 0.958 bits per heavy atom. The SMILES string of the molecule is CC(C)=CCCC(C)=CCCC(C)=CCCC(C)=CCCC(=O)O. The van der Waals surface area contributed by atoms with Gasteiger partial charge in [0, 0.05) is 6.42 Å². The molecule has 1 N–H and O–H groups in total. The summed E-state index contributed by atoms with van der Waals surface area (Å²) in [6.45, 7) is 10.8. The van der Waals surface area contributed by atoms with Gasteiger partial charge in [-0.05, 0) is 79.6 Å². The lowest BCUT2D eigenvalue weighted by molar-refractivity contribution is -0.136. The van der Waals surface area contributed by atoms with Crippen molar-refractivity contribution in [2.75, 3.05) is 0 Å². The molecule has 0 amide bonds. The molecule has 0 aromatic heterocycles. The Kier molecular flexibility index (Phi) is 12.9. The summed E-state index contributed by atoms with van der Waals surface area (Å²) < 4.78 is 0. The fourth-order valence-corrected chi connectivity index (χ4v) is 2.43. The van der Waals surface area contributed by atoms with Crippen molar-refractivity contribution < 1.29 is 9.90 Å². The van der Waals surface area contributed by atoms with E-state index in [4.69, 9.17) is 5.11 Å². The standard InChI is InChI=1S/C22H36O2/c1-18(2)10-6-11-19(3)12-7-13-20(4)14-8-15-21(5)16-9-17-22(23)24/h10,12,14,16H,6-9,11,13,15,17H2,1-5H3,(H,23,24). The minimum absolute atomic E-state index is 0.228. The van der Waals surface area contributed by atoms with E-state index in [0.29, 0.717) is 6.42 Å². The van der Waals surface area contributed by atoms with Gasteiger partial charge < -0.3 is 5.11 Å². The summed E-state index contributed by atoms with van der Waals surface area (Å²) in [6, 6.07) is 0. The van der Waals surface area contributed by atoms with Gasteiger partial charge in [-0.1, -0.05) is 46.6 Å². The zero-order chi connectivity index (χ0) is 18.4. The maximum Gasteiger partial charge on any atom is 0.303 e. The number of allylic oxidation sites excluding steroid dienone is 8. The highest BCUT2D eigenvalue weighted by molar-refractivity contribution is 5.66. The van der Waals surface area contributed by atoms with E-state index < -0.39 is 5.97 Å². The maximum atomic E-state index is 10.5. The van der Waals surface area contributed by atoms with E-state index >= 15 is 0 Å². The van der Waals surface area contributed by atoms with Crippen molar-refractivity contribution in [3.8, 4) is 0 Å². The smallest absolute Gasteiger partial charge is 0.303 e. The van der Waals surface area contributed by atoms with Crippen molar-refractivity contribution in [3.63, 3.8) is 0 Å². The fraction of sp³-hybridized carbons (Fsp3) is 0.591. The monoisotopic (exact) mass is 332 g/mol. The molecule has 0 unspecified atom stereocenters. The van der Waals surface area contributed by atoms with E-state index in [1.165, 1.54) is 22.3 Å². The molecule has 24 heavy (non-hydrogen) atoms. The summed E-state index contributed by atoms with van der Waals surface area (Å²) in [6.07, 6.45) is 16.5. The summed E-state index contributed by atoms with van der Waals surface area (Å²) in [5.74, 6) is -0.723. The first kappa shape index (κ1) is 22.4. The Balaban J connectivity index is 3.98. The number of carboxylic acid groups (broad SMARTS) is 1. The van der Waals surface area contributed by atoms with Gasteiger partial charge in [-0.3, -0.25) is 4.79 Å². The van der Waals surface area contributed by atoms with Crippen LogP contribution in [0.5, 0.6) is 0 Å². The largest absolute Gasteiger partial charge is 0.481 e. The maximum absolute atomic E-state index is 10.5. The van der Waals surface area contributed by atoms with Crippen LogP contribution in [-0.4, -0.2) is 11.1 Å². The second-order valence-corrected chi connectivity index (χ2v) is 6.98. The third-order valence-corrected chi connectivity index (χ3v) is 4.01. The van der Waals surface area contributed by atoms with Gasteiger partial charge >= 0.3 is 5.97 Å². The van der Waals surface area contributed by atoms with Crippen LogP contribution < -0.4 is 0 Å². The van der Waals surface area contributed by atoms with Gasteiger partial charge in [-0.25, -0.2) is 0 Å². The van der Waals surface area contributed by atoms with Crippen LogP contribution in [0.15, 0.2) is 46.6 Å². The van der Waals surface area contributed by atoms with Crippen molar-refractivity contribution in [3.05, 3.63) is 46.6 Å². The molecule has 0 radical (unpaired) electrons. The van der Waals surface area contributed by atoms with Crippen LogP contribution in [0.4, 0.5) is 0 Å². The normalized spacial score (nSPS) is 13.1. The molecule has 0 saturated carbocycles. The molecule has 0 heterocycles. The molecular weight excluding hydrogens is 296 g/mol. The fourth-order valence-electron chi connectivity index (χ4n) is 2.43. The lowest BCUT2D eigenvalue weighted by Gasteiger charge is -2.02. The van der Waals surface area contributed by atoms with Crippen molar-refractivity contribution in [1.82, 2.24) is 0 Å².